The highest BCUT2D eigenvalue weighted by Crippen LogP contribution is 2.10. The molecule has 94 valence electrons. The summed E-state index contributed by atoms with van der Waals surface area (Å²) in [6.45, 7) is 0.167. The Labute approximate surface area is 125 Å². The first-order valence-electron chi connectivity index (χ1n) is 5.61. The molecule has 0 unspecified atom stereocenters. The number of benzene rings is 2. The van der Waals surface area contributed by atoms with Gasteiger partial charge in [0.25, 0.3) is 0 Å². The van der Waals surface area contributed by atoms with E-state index < -0.39 is 0 Å². The van der Waals surface area contributed by atoms with E-state index in [0.717, 1.165) is 9.13 Å². The van der Waals surface area contributed by atoms with Crippen molar-refractivity contribution in [2.24, 2.45) is 0 Å². The van der Waals surface area contributed by atoms with Crippen LogP contribution in [0.5, 0.6) is 0 Å². The van der Waals surface area contributed by atoms with Crippen LogP contribution in [0.3, 0.4) is 0 Å². The first-order chi connectivity index (χ1) is 9.19. The van der Waals surface area contributed by atoms with Crippen LogP contribution >= 0.6 is 22.6 Å². The molecule has 0 aromatic heterocycles. The van der Waals surface area contributed by atoms with Gasteiger partial charge in [-0.1, -0.05) is 12.1 Å². The van der Waals surface area contributed by atoms with E-state index in [0.29, 0.717) is 11.1 Å². The maximum absolute atomic E-state index is 11.8. The van der Waals surface area contributed by atoms with Crippen LogP contribution in [0.4, 0.5) is 0 Å². The van der Waals surface area contributed by atoms with Crippen LogP contribution in [0, 0.1) is 14.9 Å². The van der Waals surface area contributed by atoms with Gasteiger partial charge >= 0.3 is 5.97 Å². The summed E-state index contributed by atoms with van der Waals surface area (Å²) in [5, 5.41) is 8.78. The molecule has 0 aliphatic heterocycles. The molecule has 19 heavy (non-hydrogen) atoms. The molecular weight excluding hydrogens is 353 g/mol. The molecule has 0 amide bonds. The molecule has 2 rings (SSSR count). The number of nitriles is 1. The quantitative estimate of drug-likeness (QED) is 0.619. The molecule has 2 aromatic carbocycles. The van der Waals surface area contributed by atoms with Gasteiger partial charge in [-0.25, -0.2) is 4.79 Å². The predicted molar refractivity (Wildman–Crippen MR) is 79.4 cm³/mol. The number of carbonyl (C=O) groups is 1. The maximum Gasteiger partial charge on any atom is 0.338 e. The zero-order valence-corrected chi connectivity index (χ0v) is 12.1. The van der Waals surface area contributed by atoms with Gasteiger partial charge in [0.1, 0.15) is 6.61 Å². The van der Waals surface area contributed by atoms with E-state index in [2.05, 4.69) is 28.7 Å². The van der Waals surface area contributed by atoms with Crippen LogP contribution in [-0.2, 0) is 11.3 Å². The number of hydrogen-bond donors (Lipinski definition) is 0. The monoisotopic (exact) mass is 363 g/mol. The number of esters is 1. The largest absolute Gasteiger partial charge is 0.457 e. The van der Waals surface area contributed by atoms with Gasteiger partial charge in [0.05, 0.1) is 17.2 Å². The first-order valence-corrected chi connectivity index (χ1v) is 6.68. The van der Waals surface area contributed by atoms with E-state index in [1.54, 1.807) is 30.3 Å². The molecular formula is C15H10INO2. The molecule has 0 bridgehead atoms. The lowest BCUT2D eigenvalue weighted by Gasteiger charge is -2.05. The highest BCUT2D eigenvalue weighted by Gasteiger charge is 2.07. The topological polar surface area (TPSA) is 50.1 Å². The lowest BCUT2D eigenvalue weighted by Crippen LogP contribution is -2.05. The summed E-state index contributed by atoms with van der Waals surface area (Å²) < 4.78 is 6.27. The van der Waals surface area contributed by atoms with Crippen molar-refractivity contribution < 1.29 is 9.53 Å². The van der Waals surface area contributed by atoms with Gasteiger partial charge in [0, 0.05) is 3.57 Å². The number of carbonyl (C=O) groups excluding carboxylic acids is 1. The summed E-state index contributed by atoms with van der Waals surface area (Å²) >= 11 is 2.18. The molecule has 0 aliphatic carbocycles. The minimum Gasteiger partial charge on any atom is -0.457 e. The summed E-state index contributed by atoms with van der Waals surface area (Å²) in [5.74, 6) is -0.362. The number of rotatable bonds is 3. The molecule has 0 heterocycles. The molecule has 0 N–H and O–H groups in total. The Morgan fingerprint density at radius 1 is 1.21 bits per heavy atom. The smallest absolute Gasteiger partial charge is 0.338 e. The summed E-state index contributed by atoms with van der Waals surface area (Å²) in [6.07, 6.45) is 0. The molecule has 4 heteroatoms. The van der Waals surface area contributed by atoms with Crippen molar-refractivity contribution in [2.45, 2.75) is 6.61 Å². The molecule has 0 fully saturated rings. The van der Waals surface area contributed by atoms with Crippen LogP contribution in [0.2, 0.25) is 0 Å². The molecule has 0 radical (unpaired) electrons. The summed E-state index contributed by atoms with van der Waals surface area (Å²) in [7, 11) is 0. The second-order valence-corrected chi connectivity index (χ2v) is 5.14. The third-order valence-corrected chi connectivity index (χ3v) is 3.23. The highest BCUT2D eigenvalue weighted by atomic mass is 127. The third-order valence-electron chi connectivity index (χ3n) is 2.51. The van der Waals surface area contributed by atoms with Gasteiger partial charge in [-0.2, -0.15) is 5.26 Å². The van der Waals surface area contributed by atoms with E-state index in [9.17, 15) is 4.79 Å². The van der Waals surface area contributed by atoms with Crippen molar-refractivity contribution in [3.05, 3.63) is 68.8 Å². The summed E-state index contributed by atoms with van der Waals surface area (Å²) in [6, 6.07) is 16.2. The highest BCUT2D eigenvalue weighted by molar-refractivity contribution is 14.1. The first kappa shape index (κ1) is 13.6. The van der Waals surface area contributed by atoms with Crippen molar-refractivity contribution in [1.29, 1.82) is 5.26 Å². The third kappa shape index (κ3) is 3.80. The predicted octanol–water partition coefficient (Wildman–Crippen LogP) is 3.52. The Morgan fingerprint density at radius 2 is 1.95 bits per heavy atom. The summed E-state index contributed by atoms with van der Waals surface area (Å²) in [4.78, 5) is 11.8. The standard InChI is InChI=1S/C15H10INO2/c16-14-6-4-13(5-7-14)15(18)19-10-12-3-1-2-11(8-12)9-17/h1-8H,10H2. The number of nitrogens with zero attached hydrogens (tertiary/aromatic N) is 1. The molecule has 0 saturated carbocycles. The molecule has 0 spiro atoms. The van der Waals surface area contributed by atoms with Gasteiger partial charge in [-0.3, -0.25) is 0 Å². The minimum atomic E-state index is -0.362. The molecule has 0 atom stereocenters. The van der Waals surface area contributed by atoms with Gasteiger partial charge in [-0.15, -0.1) is 0 Å². The number of halogens is 1. The fraction of sp³-hybridized carbons (Fsp3) is 0.0667. The fourth-order valence-corrected chi connectivity index (χ4v) is 1.91. The van der Waals surface area contributed by atoms with Crippen LogP contribution in [0.15, 0.2) is 48.5 Å². The lowest BCUT2D eigenvalue weighted by molar-refractivity contribution is 0.0472. The van der Waals surface area contributed by atoms with Crippen LogP contribution in [0.25, 0.3) is 0 Å². The SMILES string of the molecule is N#Cc1cccc(COC(=O)c2ccc(I)cc2)c1. The minimum absolute atomic E-state index is 0.167. The molecule has 2 aromatic rings. The lowest BCUT2D eigenvalue weighted by atomic mass is 10.1. The average molecular weight is 363 g/mol. The van der Waals surface area contributed by atoms with Crippen molar-refractivity contribution in [3.63, 3.8) is 0 Å². The zero-order chi connectivity index (χ0) is 13.7. The molecule has 3 nitrogen and oxygen atoms in total. The van der Waals surface area contributed by atoms with Crippen molar-refractivity contribution in [1.82, 2.24) is 0 Å². The van der Waals surface area contributed by atoms with E-state index in [1.807, 2.05) is 18.2 Å². The normalized spacial score (nSPS) is 9.68. The number of ether oxygens (including phenoxy) is 1. The van der Waals surface area contributed by atoms with Crippen molar-refractivity contribution in [3.8, 4) is 6.07 Å². The van der Waals surface area contributed by atoms with E-state index in [-0.39, 0.29) is 12.6 Å². The maximum atomic E-state index is 11.8. The molecule has 0 saturated heterocycles. The average Bonchev–Trinajstić information content (AvgIpc) is 2.46. The second kappa shape index (κ2) is 6.34. The van der Waals surface area contributed by atoms with Crippen molar-refractivity contribution >= 4 is 28.6 Å². The Hall–Kier alpha value is -1.87. The van der Waals surface area contributed by atoms with Gasteiger partial charge in [0.15, 0.2) is 0 Å². The van der Waals surface area contributed by atoms with Crippen molar-refractivity contribution in [2.75, 3.05) is 0 Å². The summed E-state index contributed by atoms with van der Waals surface area (Å²) in [5.41, 5.74) is 1.89. The Balaban J connectivity index is 2.00. The van der Waals surface area contributed by atoms with E-state index in [4.69, 9.17) is 10.00 Å². The molecule has 0 aliphatic rings. The van der Waals surface area contributed by atoms with Crippen LogP contribution < -0.4 is 0 Å². The van der Waals surface area contributed by atoms with E-state index in [1.165, 1.54) is 0 Å². The van der Waals surface area contributed by atoms with Gasteiger partial charge in [0.2, 0.25) is 0 Å². The Morgan fingerprint density at radius 3 is 2.63 bits per heavy atom. The Kier molecular flexibility index (Phi) is 4.53. The van der Waals surface area contributed by atoms with Crippen LogP contribution in [-0.4, -0.2) is 5.97 Å². The van der Waals surface area contributed by atoms with Gasteiger partial charge < -0.3 is 4.74 Å². The fourth-order valence-electron chi connectivity index (χ4n) is 1.55. The van der Waals surface area contributed by atoms with Crippen LogP contribution in [0.1, 0.15) is 21.5 Å². The second-order valence-electron chi connectivity index (χ2n) is 3.90. The van der Waals surface area contributed by atoms with Gasteiger partial charge in [-0.05, 0) is 64.6 Å². The Bertz CT molecular complexity index is 629. The zero-order valence-electron chi connectivity index (χ0n) is 9.97. The number of hydrogen-bond acceptors (Lipinski definition) is 3. The van der Waals surface area contributed by atoms with E-state index >= 15 is 0 Å².